The molecule has 0 bridgehead atoms. The number of hydrogen-bond donors (Lipinski definition) is 1. The molecule has 1 aliphatic heterocycles. The van der Waals surface area contributed by atoms with Crippen LogP contribution in [0.1, 0.15) is 0 Å². The summed E-state index contributed by atoms with van der Waals surface area (Å²) in [5.74, 6) is -1.01. The van der Waals surface area contributed by atoms with Crippen molar-refractivity contribution in [3.8, 4) is 0 Å². The number of aromatic nitrogens is 4. The van der Waals surface area contributed by atoms with E-state index in [0.717, 1.165) is 12.4 Å². The van der Waals surface area contributed by atoms with Crippen molar-refractivity contribution in [2.45, 2.75) is 25.5 Å². The van der Waals surface area contributed by atoms with E-state index < -0.39 is 17.9 Å². The lowest BCUT2D eigenvalue weighted by molar-refractivity contribution is -0.0832. The third-order valence-electron chi connectivity index (χ3n) is 5.30. The third-order valence-corrected chi connectivity index (χ3v) is 5.30. The van der Waals surface area contributed by atoms with E-state index in [2.05, 4.69) is 14.7 Å². The molecule has 10 nitrogen and oxygen atoms in total. The average Bonchev–Trinajstić information content (AvgIpc) is 3.36. The minimum atomic E-state index is -1.12. The second-order valence-corrected chi connectivity index (χ2v) is 7.65. The van der Waals surface area contributed by atoms with Gasteiger partial charge in [0.2, 0.25) is 0 Å². The Morgan fingerprint density at radius 2 is 1.60 bits per heavy atom. The Kier molecular flexibility index (Phi) is 7.56. The van der Waals surface area contributed by atoms with Crippen LogP contribution in [0.5, 0.6) is 0 Å². The first-order valence-corrected chi connectivity index (χ1v) is 10.6. The van der Waals surface area contributed by atoms with Gasteiger partial charge >= 0.3 is 0 Å². The van der Waals surface area contributed by atoms with Crippen LogP contribution in [0.4, 0.5) is 8.78 Å². The summed E-state index contributed by atoms with van der Waals surface area (Å²) in [6, 6.07) is 8.33. The Balaban J connectivity index is 0.000000165. The number of methoxy groups -OCH3 is 1. The molecule has 4 aromatic rings. The van der Waals surface area contributed by atoms with E-state index in [9.17, 15) is 23.5 Å². The number of pyridine rings is 4. The van der Waals surface area contributed by atoms with E-state index >= 15 is 0 Å². The lowest BCUT2D eigenvalue weighted by atomic mass is 10.3. The SMILES string of the molecule is COC(O)Cn1c(=O)ccc2ncc(F)cc21.O=c1ccc2ncc(F)cc2n1CC1COCO1. The van der Waals surface area contributed by atoms with E-state index in [1.807, 2.05) is 0 Å². The van der Waals surface area contributed by atoms with Crippen molar-refractivity contribution in [3.05, 3.63) is 81.1 Å². The van der Waals surface area contributed by atoms with E-state index in [0.29, 0.717) is 35.2 Å². The second kappa shape index (κ2) is 10.8. The molecule has 0 aromatic carbocycles. The van der Waals surface area contributed by atoms with Gasteiger partial charge in [-0.1, -0.05) is 0 Å². The molecule has 0 aliphatic carbocycles. The van der Waals surface area contributed by atoms with Crippen LogP contribution in [-0.4, -0.2) is 57.1 Å². The number of hydrogen-bond acceptors (Lipinski definition) is 8. The van der Waals surface area contributed by atoms with Gasteiger partial charge in [0.15, 0.2) is 6.29 Å². The number of halogens is 2. The van der Waals surface area contributed by atoms with Gasteiger partial charge in [0.1, 0.15) is 24.5 Å². The van der Waals surface area contributed by atoms with Crippen LogP contribution in [-0.2, 0) is 27.3 Å². The summed E-state index contributed by atoms with van der Waals surface area (Å²) < 4.78 is 44.1. The lowest BCUT2D eigenvalue weighted by Gasteiger charge is -2.13. The van der Waals surface area contributed by atoms with E-state index in [4.69, 9.17) is 9.47 Å². The van der Waals surface area contributed by atoms with Crippen LogP contribution < -0.4 is 11.1 Å². The Morgan fingerprint density at radius 3 is 2.14 bits per heavy atom. The molecule has 1 N–H and O–H groups in total. The zero-order valence-electron chi connectivity index (χ0n) is 18.6. The Labute approximate surface area is 196 Å². The monoisotopic (exact) mass is 488 g/mol. The van der Waals surface area contributed by atoms with Crippen LogP contribution in [0.3, 0.4) is 0 Å². The maximum Gasteiger partial charge on any atom is 0.251 e. The van der Waals surface area contributed by atoms with Crippen molar-refractivity contribution >= 4 is 22.1 Å². The molecule has 0 saturated carbocycles. The topological polar surface area (TPSA) is 118 Å². The van der Waals surface area contributed by atoms with Gasteiger partial charge in [-0.15, -0.1) is 0 Å². The summed E-state index contributed by atoms with van der Waals surface area (Å²) in [5, 5.41) is 9.37. The zero-order chi connectivity index (χ0) is 24.9. The van der Waals surface area contributed by atoms with Gasteiger partial charge in [0, 0.05) is 31.4 Å². The quantitative estimate of drug-likeness (QED) is 0.419. The molecule has 0 spiro atoms. The summed E-state index contributed by atoms with van der Waals surface area (Å²) >= 11 is 0. The van der Waals surface area contributed by atoms with Gasteiger partial charge < -0.3 is 28.5 Å². The molecule has 2 atom stereocenters. The number of aliphatic hydroxyl groups is 1. The molecule has 1 aliphatic rings. The molecule has 4 aromatic heterocycles. The summed E-state index contributed by atoms with van der Waals surface area (Å²) in [6.07, 6.45) is 0.897. The Hall–Kier alpha value is -3.58. The van der Waals surface area contributed by atoms with Gasteiger partial charge in [-0.25, -0.2) is 8.78 Å². The number of fused-ring (bicyclic) bond motifs is 2. The van der Waals surface area contributed by atoms with Crippen molar-refractivity contribution < 1.29 is 28.1 Å². The molecule has 5 heterocycles. The van der Waals surface area contributed by atoms with Crippen molar-refractivity contribution in [1.29, 1.82) is 0 Å². The molecule has 12 heteroatoms. The smallest absolute Gasteiger partial charge is 0.251 e. The van der Waals surface area contributed by atoms with Crippen LogP contribution >= 0.6 is 0 Å². The third kappa shape index (κ3) is 5.74. The fourth-order valence-corrected chi connectivity index (χ4v) is 3.57. The van der Waals surface area contributed by atoms with Crippen molar-refractivity contribution in [3.63, 3.8) is 0 Å². The van der Waals surface area contributed by atoms with E-state index in [1.54, 1.807) is 6.07 Å². The number of ether oxygens (including phenoxy) is 3. The fourth-order valence-electron chi connectivity index (χ4n) is 3.57. The molecular weight excluding hydrogens is 466 g/mol. The predicted octanol–water partition coefficient (Wildman–Crippen LogP) is 1.41. The molecule has 2 unspecified atom stereocenters. The van der Waals surface area contributed by atoms with Crippen LogP contribution in [0.25, 0.3) is 22.1 Å². The number of rotatable bonds is 5. The average molecular weight is 488 g/mol. The van der Waals surface area contributed by atoms with Crippen LogP contribution in [0.15, 0.2) is 58.4 Å². The minimum Gasteiger partial charge on any atom is -0.366 e. The van der Waals surface area contributed by atoms with Crippen LogP contribution in [0, 0.1) is 11.6 Å². The molecule has 184 valence electrons. The molecule has 5 rings (SSSR count). The normalized spacial score (nSPS) is 16.3. The molecular formula is C23H22F2N4O6. The lowest BCUT2D eigenvalue weighted by Crippen LogP contribution is -2.27. The highest BCUT2D eigenvalue weighted by molar-refractivity contribution is 5.74. The second-order valence-electron chi connectivity index (χ2n) is 7.65. The molecule has 0 amide bonds. The zero-order valence-corrected chi connectivity index (χ0v) is 18.6. The van der Waals surface area contributed by atoms with E-state index in [-0.39, 0.29) is 30.6 Å². The molecule has 35 heavy (non-hydrogen) atoms. The number of nitrogens with zero attached hydrogens (tertiary/aromatic N) is 4. The summed E-state index contributed by atoms with van der Waals surface area (Å²) in [6.45, 7) is 0.932. The van der Waals surface area contributed by atoms with Crippen LogP contribution in [0.2, 0.25) is 0 Å². The highest BCUT2D eigenvalue weighted by Crippen LogP contribution is 2.13. The predicted molar refractivity (Wildman–Crippen MR) is 121 cm³/mol. The Morgan fingerprint density at radius 1 is 1.03 bits per heavy atom. The summed E-state index contributed by atoms with van der Waals surface area (Å²) in [7, 11) is 1.32. The van der Waals surface area contributed by atoms with Gasteiger partial charge in [-0.3, -0.25) is 19.6 Å². The van der Waals surface area contributed by atoms with Crippen molar-refractivity contribution in [2.24, 2.45) is 0 Å². The minimum absolute atomic E-state index is 0.0716. The maximum atomic E-state index is 13.2. The molecule has 1 fully saturated rings. The number of aliphatic hydroxyl groups excluding tert-OH is 1. The summed E-state index contributed by atoms with van der Waals surface area (Å²) in [5.41, 5.74) is 1.31. The van der Waals surface area contributed by atoms with Gasteiger partial charge in [-0.05, 0) is 12.1 Å². The molecule has 1 saturated heterocycles. The summed E-state index contributed by atoms with van der Waals surface area (Å²) in [4.78, 5) is 31.3. The Bertz CT molecular complexity index is 1450. The largest absolute Gasteiger partial charge is 0.366 e. The first-order valence-electron chi connectivity index (χ1n) is 10.6. The van der Waals surface area contributed by atoms with Gasteiger partial charge in [0.25, 0.3) is 11.1 Å². The van der Waals surface area contributed by atoms with Crippen molar-refractivity contribution in [1.82, 2.24) is 19.1 Å². The van der Waals surface area contributed by atoms with Gasteiger partial charge in [-0.2, -0.15) is 0 Å². The highest BCUT2D eigenvalue weighted by atomic mass is 19.1. The molecule has 0 radical (unpaired) electrons. The highest BCUT2D eigenvalue weighted by Gasteiger charge is 2.18. The fraction of sp³-hybridized carbons (Fsp3) is 0.304. The van der Waals surface area contributed by atoms with Gasteiger partial charge in [0.05, 0.1) is 54.2 Å². The maximum absolute atomic E-state index is 13.2. The first-order chi connectivity index (χ1) is 16.9. The van der Waals surface area contributed by atoms with Crippen molar-refractivity contribution in [2.75, 3.05) is 20.5 Å². The standard InChI is InChI=1S/C12H11FN2O3.C11H11FN2O3/c13-8-3-11-10(14-4-8)1-2-12(16)15(11)5-9-6-17-7-18-9;1-17-11(16)6-14-9-4-7(12)5-13-8(9)2-3-10(14)15/h1-4,9H,5-7H2;2-5,11,16H,6H2,1H3. The first kappa shape index (κ1) is 24.5. The van der Waals surface area contributed by atoms with E-state index in [1.165, 1.54) is 46.6 Å².